The second kappa shape index (κ2) is 9.55. The number of urea groups is 1. The number of nitrogens with one attached hydrogen (secondary N) is 2. The van der Waals surface area contributed by atoms with Crippen molar-refractivity contribution in [1.82, 2.24) is 9.88 Å². The molecule has 166 valence electrons. The summed E-state index contributed by atoms with van der Waals surface area (Å²) in [7, 11) is 1.50. The third kappa shape index (κ3) is 6.24. The maximum Gasteiger partial charge on any atom is 0.410 e. The molecule has 0 unspecified atom stereocenters. The van der Waals surface area contributed by atoms with E-state index in [0.29, 0.717) is 43.4 Å². The number of aromatic nitrogens is 1. The predicted octanol–water partition coefficient (Wildman–Crippen LogP) is 3.79. The van der Waals surface area contributed by atoms with E-state index in [4.69, 9.17) is 9.47 Å². The molecule has 1 aromatic carbocycles. The minimum Gasteiger partial charge on any atom is -0.480 e. The number of anilines is 3. The number of benzene rings is 1. The van der Waals surface area contributed by atoms with Gasteiger partial charge in [-0.05, 0) is 57.2 Å². The molecule has 1 aliphatic heterocycles. The molecule has 2 heterocycles. The number of amides is 3. The number of methoxy groups -OCH3 is 1. The third-order valence-corrected chi connectivity index (χ3v) is 4.63. The zero-order valence-electron chi connectivity index (χ0n) is 18.3. The number of carbonyl (C=O) groups excluding carboxylic acids is 2. The molecule has 31 heavy (non-hydrogen) atoms. The van der Waals surface area contributed by atoms with Crippen molar-refractivity contribution in [3.05, 3.63) is 42.6 Å². The summed E-state index contributed by atoms with van der Waals surface area (Å²) in [5.74, 6) is 0.346. The largest absolute Gasteiger partial charge is 0.480 e. The molecule has 2 aromatic rings. The van der Waals surface area contributed by atoms with E-state index in [1.807, 2.05) is 45.0 Å². The van der Waals surface area contributed by atoms with Crippen LogP contribution in [0.4, 0.5) is 26.7 Å². The fourth-order valence-corrected chi connectivity index (χ4v) is 3.16. The minimum absolute atomic E-state index is 0.275. The Hall–Kier alpha value is -3.49. The number of rotatable bonds is 4. The van der Waals surface area contributed by atoms with Crippen LogP contribution < -0.4 is 20.3 Å². The van der Waals surface area contributed by atoms with Gasteiger partial charge in [-0.25, -0.2) is 14.6 Å². The Bertz CT molecular complexity index is 903. The topological polar surface area (TPSA) is 96.0 Å². The Kier molecular flexibility index (Phi) is 6.84. The highest BCUT2D eigenvalue weighted by atomic mass is 16.6. The lowest BCUT2D eigenvalue weighted by molar-refractivity contribution is 0.0240. The molecule has 9 heteroatoms. The molecule has 0 spiro atoms. The Morgan fingerprint density at radius 3 is 2.29 bits per heavy atom. The fraction of sp³-hybridized carbons (Fsp3) is 0.409. The van der Waals surface area contributed by atoms with Gasteiger partial charge in [0, 0.05) is 43.8 Å². The van der Waals surface area contributed by atoms with Gasteiger partial charge in [-0.15, -0.1) is 0 Å². The van der Waals surface area contributed by atoms with E-state index in [9.17, 15) is 9.59 Å². The zero-order valence-corrected chi connectivity index (χ0v) is 18.3. The first-order valence-electron chi connectivity index (χ1n) is 10.1. The lowest BCUT2D eigenvalue weighted by Crippen LogP contribution is -2.50. The number of hydrogen-bond donors (Lipinski definition) is 2. The average molecular weight is 428 g/mol. The standard InChI is InChI=1S/C22H29N5O4/c1-22(2,3)31-21(29)27-14-12-26(13-15-27)17-9-7-16(8-10-17)24-20(28)25-18-6-5-11-23-19(18)30-4/h5-11H,12-15H2,1-4H3,(H2,24,25,28). The summed E-state index contributed by atoms with van der Waals surface area (Å²) in [4.78, 5) is 32.5. The number of nitrogens with zero attached hydrogens (tertiary/aromatic N) is 3. The van der Waals surface area contributed by atoms with Crippen molar-refractivity contribution in [1.29, 1.82) is 0 Å². The summed E-state index contributed by atoms with van der Waals surface area (Å²) in [6.07, 6.45) is 1.32. The number of piperazine rings is 1. The maximum atomic E-state index is 12.3. The summed E-state index contributed by atoms with van der Waals surface area (Å²) in [5.41, 5.74) is 1.69. The molecule has 1 aromatic heterocycles. The third-order valence-electron chi connectivity index (χ3n) is 4.63. The lowest BCUT2D eigenvalue weighted by Gasteiger charge is -2.36. The van der Waals surface area contributed by atoms with Crippen LogP contribution in [0.5, 0.6) is 5.88 Å². The Morgan fingerprint density at radius 1 is 1.00 bits per heavy atom. The first-order valence-corrected chi connectivity index (χ1v) is 10.1. The van der Waals surface area contributed by atoms with Crippen molar-refractivity contribution in [2.75, 3.05) is 48.8 Å². The normalized spacial score (nSPS) is 14.1. The molecular formula is C22H29N5O4. The summed E-state index contributed by atoms with van der Waals surface area (Å²) in [6.45, 7) is 8.23. The zero-order chi connectivity index (χ0) is 22.4. The summed E-state index contributed by atoms with van der Waals surface area (Å²) in [5, 5.41) is 5.52. The van der Waals surface area contributed by atoms with E-state index in [1.54, 1.807) is 23.2 Å². The van der Waals surface area contributed by atoms with Gasteiger partial charge in [0.05, 0.1) is 7.11 Å². The van der Waals surface area contributed by atoms with Gasteiger partial charge in [0.15, 0.2) is 0 Å². The van der Waals surface area contributed by atoms with Crippen LogP contribution in [-0.2, 0) is 4.74 Å². The van der Waals surface area contributed by atoms with Gasteiger partial charge in [-0.2, -0.15) is 0 Å². The molecule has 0 radical (unpaired) electrons. The first kappa shape index (κ1) is 22.2. The average Bonchev–Trinajstić information content (AvgIpc) is 2.73. The van der Waals surface area contributed by atoms with E-state index in [0.717, 1.165) is 5.69 Å². The maximum absolute atomic E-state index is 12.3. The van der Waals surface area contributed by atoms with Crippen molar-refractivity contribution in [3.8, 4) is 5.88 Å². The highest BCUT2D eigenvalue weighted by Gasteiger charge is 2.25. The van der Waals surface area contributed by atoms with Crippen molar-refractivity contribution in [2.24, 2.45) is 0 Å². The predicted molar refractivity (Wildman–Crippen MR) is 120 cm³/mol. The smallest absolute Gasteiger partial charge is 0.410 e. The molecule has 3 amide bonds. The van der Waals surface area contributed by atoms with E-state index in [-0.39, 0.29) is 12.1 Å². The van der Waals surface area contributed by atoms with Gasteiger partial charge in [0.2, 0.25) is 5.88 Å². The van der Waals surface area contributed by atoms with Gasteiger partial charge in [0.1, 0.15) is 11.3 Å². The van der Waals surface area contributed by atoms with Gasteiger partial charge in [0.25, 0.3) is 0 Å². The molecule has 2 N–H and O–H groups in total. The molecule has 3 rings (SSSR count). The van der Waals surface area contributed by atoms with Gasteiger partial charge in [-0.3, -0.25) is 0 Å². The van der Waals surface area contributed by atoms with E-state index < -0.39 is 5.60 Å². The van der Waals surface area contributed by atoms with E-state index in [1.165, 1.54) is 7.11 Å². The number of ether oxygens (including phenoxy) is 2. The van der Waals surface area contributed by atoms with Crippen LogP contribution in [0.2, 0.25) is 0 Å². The molecule has 0 atom stereocenters. The number of pyridine rings is 1. The van der Waals surface area contributed by atoms with Crippen LogP contribution >= 0.6 is 0 Å². The number of carbonyl (C=O) groups is 2. The molecule has 9 nitrogen and oxygen atoms in total. The first-order chi connectivity index (χ1) is 14.7. The van der Waals surface area contributed by atoms with Crippen LogP contribution in [0, 0.1) is 0 Å². The molecule has 1 fully saturated rings. The van der Waals surface area contributed by atoms with Crippen molar-refractivity contribution in [2.45, 2.75) is 26.4 Å². The van der Waals surface area contributed by atoms with Crippen molar-refractivity contribution < 1.29 is 19.1 Å². The molecule has 0 bridgehead atoms. The quantitative estimate of drug-likeness (QED) is 0.771. The lowest BCUT2D eigenvalue weighted by atomic mass is 10.2. The molecular weight excluding hydrogens is 398 g/mol. The molecule has 1 saturated heterocycles. The van der Waals surface area contributed by atoms with Crippen molar-refractivity contribution in [3.63, 3.8) is 0 Å². The summed E-state index contributed by atoms with van der Waals surface area (Å²) >= 11 is 0. The SMILES string of the molecule is COc1ncccc1NC(=O)Nc1ccc(N2CCN(C(=O)OC(C)(C)C)CC2)cc1. The van der Waals surface area contributed by atoms with Gasteiger partial charge in [-0.1, -0.05) is 0 Å². The fourth-order valence-electron chi connectivity index (χ4n) is 3.16. The second-order valence-electron chi connectivity index (χ2n) is 8.14. The van der Waals surface area contributed by atoms with Crippen LogP contribution in [0.1, 0.15) is 20.8 Å². The molecule has 0 aliphatic carbocycles. The highest BCUT2D eigenvalue weighted by molar-refractivity contribution is 6.00. The summed E-state index contributed by atoms with van der Waals surface area (Å²) in [6, 6.07) is 10.6. The molecule has 1 aliphatic rings. The van der Waals surface area contributed by atoms with E-state index in [2.05, 4.69) is 20.5 Å². The number of hydrogen-bond acceptors (Lipinski definition) is 6. The summed E-state index contributed by atoms with van der Waals surface area (Å²) < 4.78 is 10.6. The Labute approximate surface area is 182 Å². The Morgan fingerprint density at radius 2 is 1.68 bits per heavy atom. The van der Waals surface area contributed by atoms with Gasteiger partial charge >= 0.3 is 12.1 Å². The van der Waals surface area contributed by atoms with Crippen LogP contribution in [0.3, 0.4) is 0 Å². The Balaban J connectivity index is 1.51. The van der Waals surface area contributed by atoms with Gasteiger partial charge < -0.3 is 29.9 Å². The second-order valence-corrected chi connectivity index (χ2v) is 8.14. The van der Waals surface area contributed by atoms with Crippen LogP contribution in [0.25, 0.3) is 0 Å². The minimum atomic E-state index is -0.495. The van der Waals surface area contributed by atoms with Crippen LogP contribution in [-0.4, -0.2) is 60.9 Å². The molecule has 0 saturated carbocycles. The van der Waals surface area contributed by atoms with E-state index >= 15 is 0 Å². The monoisotopic (exact) mass is 427 g/mol. The highest BCUT2D eigenvalue weighted by Crippen LogP contribution is 2.22. The van der Waals surface area contributed by atoms with Crippen molar-refractivity contribution >= 4 is 29.2 Å². The van der Waals surface area contributed by atoms with Crippen LogP contribution in [0.15, 0.2) is 42.6 Å².